The Balaban J connectivity index is 5.89. The van der Waals surface area contributed by atoms with E-state index in [4.69, 9.17) is 14.2 Å². The quantitative estimate of drug-likeness (QED) is 0.168. The van der Waals surface area contributed by atoms with Gasteiger partial charge in [-0.2, -0.15) is 0 Å². The standard InChI is InChI=1S/C34H57NO10/c1-20(2)30(26(38)18-24(22(4)36)19-29(41)45-34(11,12)13)35-31(42)23(14-15-27(39)43-32(5,6)7)17-25(37)21(3)16-28(40)44-33(8,9)10/h20-21,23-24,30H,14-19H2,1-13H3,(H,35,42)/t21?,23?,24?,30-/m1/s1. The van der Waals surface area contributed by atoms with E-state index in [2.05, 4.69) is 5.32 Å². The largest absolute Gasteiger partial charge is 0.460 e. The predicted molar refractivity (Wildman–Crippen MR) is 169 cm³/mol. The molecule has 0 aliphatic rings. The number of ether oxygens (including phenoxy) is 3. The van der Waals surface area contributed by atoms with Gasteiger partial charge in [0.15, 0.2) is 5.78 Å². The normalized spacial score (nSPS) is 14.9. The number of carbonyl (C=O) groups is 7. The summed E-state index contributed by atoms with van der Waals surface area (Å²) in [4.78, 5) is 89.6. The van der Waals surface area contributed by atoms with Gasteiger partial charge in [-0.05, 0) is 81.6 Å². The summed E-state index contributed by atoms with van der Waals surface area (Å²) in [6, 6.07) is -1.02. The third-order valence-corrected chi connectivity index (χ3v) is 6.54. The Hall–Kier alpha value is -3.11. The van der Waals surface area contributed by atoms with Gasteiger partial charge in [0, 0.05) is 37.0 Å². The Kier molecular flexibility index (Phi) is 16.3. The fourth-order valence-corrected chi connectivity index (χ4v) is 4.41. The van der Waals surface area contributed by atoms with Crippen molar-refractivity contribution < 1.29 is 47.8 Å². The molecule has 11 nitrogen and oxygen atoms in total. The van der Waals surface area contributed by atoms with E-state index in [1.807, 2.05) is 0 Å². The zero-order chi connectivity index (χ0) is 35.5. The molecule has 0 aliphatic carbocycles. The molecule has 4 atom stereocenters. The molecule has 1 N–H and O–H groups in total. The molecule has 0 fully saturated rings. The van der Waals surface area contributed by atoms with Crippen LogP contribution in [0.25, 0.3) is 0 Å². The highest BCUT2D eigenvalue weighted by Gasteiger charge is 2.34. The molecule has 258 valence electrons. The molecule has 0 bridgehead atoms. The molecule has 45 heavy (non-hydrogen) atoms. The number of hydrogen-bond acceptors (Lipinski definition) is 10. The monoisotopic (exact) mass is 639 g/mol. The van der Waals surface area contributed by atoms with Crippen LogP contribution in [0.15, 0.2) is 0 Å². The molecule has 0 saturated carbocycles. The van der Waals surface area contributed by atoms with Crippen molar-refractivity contribution >= 4 is 41.2 Å². The number of ketones is 3. The second kappa shape index (κ2) is 17.5. The lowest BCUT2D eigenvalue weighted by Crippen LogP contribution is -2.48. The van der Waals surface area contributed by atoms with Crippen LogP contribution in [0.3, 0.4) is 0 Å². The maximum Gasteiger partial charge on any atom is 0.307 e. The molecule has 11 heteroatoms. The number of amides is 1. The van der Waals surface area contributed by atoms with E-state index in [0.717, 1.165) is 0 Å². The first kappa shape index (κ1) is 41.9. The average Bonchev–Trinajstić information content (AvgIpc) is 2.80. The molecule has 3 unspecified atom stereocenters. The molecular weight excluding hydrogens is 582 g/mol. The van der Waals surface area contributed by atoms with Crippen molar-refractivity contribution in [2.75, 3.05) is 0 Å². The van der Waals surface area contributed by atoms with Gasteiger partial charge in [-0.1, -0.05) is 20.8 Å². The van der Waals surface area contributed by atoms with Crippen LogP contribution >= 0.6 is 0 Å². The third-order valence-electron chi connectivity index (χ3n) is 6.54. The van der Waals surface area contributed by atoms with E-state index in [-0.39, 0.29) is 56.0 Å². The minimum Gasteiger partial charge on any atom is -0.460 e. The highest BCUT2D eigenvalue weighted by atomic mass is 16.6. The minimum absolute atomic E-state index is 0.0284. The zero-order valence-electron chi connectivity index (χ0n) is 29.7. The van der Waals surface area contributed by atoms with E-state index in [1.165, 1.54) is 6.92 Å². The van der Waals surface area contributed by atoms with Crippen molar-refractivity contribution in [2.45, 2.75) is 151 Å². The van der Waals surface area contributed by atoms with Gasteiger partial charge in [-0.25, -0.2) is 0 Å². The van der Waals surface area contributed by atoms with Crippen LogP contribution in [0.2, 0.25) is 0 Å². The van der Waals surface area contributed by atoms with Gasteiger partial charge >= 0.3 is 17.9 Å². The smallest absolute Gasteiger partial charge is 0.307 e. The SMILES string of the molecule is CC(=O)C(CC(=O)OC(C)(C)C)CC(=O)[C@H](NC(=O)C(CCC(=O)OC(C)(C)C)CC(=O)C(C)CC(=O)OC(C)(C)C)C(C)C. The van der Waals surface area contributed by atoms with Gasteiger partial charge in [-0.15, -0.1) is 0 Å². The van der Waals surface area contributed by atoms with Crippen LogP contribution in [0.1, 0.15) is 129 Å². The maximum atomic E-state index is 13.6. The summed E-state index contributed by atoms with van der Waals surface area (Å²) < 4.78 is 16.0. The van der Waals surface area contributed by atoms with Crippen LogP contribution < -0.4 is 5.32 Å². The highest BCUT2D eigenvalue weighted by Crippen LogP contribution is 2.23. The van der Waals surface area contributed by atoms with E-state index in [0.29, 0.717) is 0 Å². The third kappa shape index (κ3) is 19.1. The summed E-state index contributed by atoms with van der Waals surface area (Å²) in [6.07, 6.45) is -1.18. The number of esters is 3. The molecule has 0 aliphatic heterocycles. The molecule has 0 radical (unpaired) electrons. The lowest BCUT2D eigenvalue weighted by Gasteiger charge is -2.27. The molecule has 0 aromatic heterocycles. The summed E-state index contributed by atoms with van der Waals surface area (Å²) in [6.45, 7) is 21.7. The summed E-state index contributed by atoms with van der Waals surface area (Å²) in [5, 5.41) is 2.73. The molecule has 0 aromatic rings. The highest BCUT2D eigenvalue weighted by molar-refractivity contribution is 5.95. The van der Waals surface area contributed by atoms with Gasteiger partial charge in [-0.3, -0.25) is 33.6 Å². The first-order valence-corrected chi connectivity index (χ1v) is 15.7. The van der Waals surface area contributed by atoms with Crippen LogP contribution in [0.5, 0.6) is 0 Å². The van der Waals surface area contributed by atoms with Gasteiger partial charge in [0.2, 0.25) is 5.91 Å². The van der Waals surface area contributed by atoms with Gasteiger partial charge < -0.3 is 19.5 Å². The lowest BCUT2D eigenvalue weighted by atomic mass is 9.87. The van der Waals surface area contributed by atoms with E-state index in [9.17, 15) is 33.6 Å². The number of Topliss-reactive ketones (excluding diaryl/α,β-unsaturated/α-hetero) is 3. The van der Waals surface area contributed by atoms with Crippen molar-refractivity contribution in [2.24, 2.45) is 23.7 Å². The number of carbonyl (C=O) groups excluding carboxylic acids is 7. The first-order valence-electron chi connectivity index (χ1n) is 15.7. The van der Waals surface area contributed by atoms with Crippen LogP contribution in [0, 0.1) is 23.7 Å². The Labute approximate surface area is 269 Å². The Morgan fingerprint density at radius 1 is 0.578 bits per heavy atom. The predicted octanol–water partition coefficient (Wildman–Crippen LogP) is 5.09. The number of rotatable bonds is 17. The molecule has 0 aromatic carbocycles. The van der Waals surface area contributed by atoms with E-state index in [1.54, 1.807) is 83.1 Å². The van der Waals surface area contributed by atoms with Crippen LogP contribution in [0.4, 0.5) is 0 Å². The molecule has 1 amide bonds. The second-order valence-corrected chi connectivity index (χ2v) is 15.2. The van der Waals surface area contributed by atoms with E-state index < -0.39 is 70.2 Å². The summed E-state index contributed by atoms with van der Waals surface area (Å²) >= 11 is 0. The van der Waals surface area contributed by atoms with Crippen molar-refractivity contribution in [3.8, 4) is 0 Å². The van der Waals surface area contributed by atoms with Crippen molar-refractivity contribution in [3.05, 3.63) is 0 Å². The molecule has 0 rings (SSSR count). The molecular formula is C34H57NO10. The Morgan fingerprint density at radius 3 is 1.42 bits per heavy atom. The minimum atomic E-state index is -1.02. The van der Waals surface area contributed by atoms with Gasteiger partial charge in [0.05, 0.1) is 18.9 Å². The van der Waals surface area contributed by atoms with Crippen LogP contribution in [-0.2, 0) is 47.8 Å². The Bertz CT molecular complexity index is 1070. The first-order chi connectivity index (χ1) is 20.2. The van der Waals surface area contributed by atoms with Gasteiger partial charge in [0.1, 0.15) is 28.4 Å². The fourth-order valence-electron chi connectivity index (χ4n) is 4.41. The zero-order valence-corrected chi connectivity index (χ0v) is 29.7. The molecule has 0 heterocycles. The summed E-state index contributed by atoms with van der Waals surface area (Å²) in [7, 11) is 0. The fraction of sp³-hybridized carbons (Fsp3) is 0.794. The number of nitrogens with one attached hydrogen (secondary N) is 1. The van der Waals surface area contributed by atoms with Crippen molar-refractivity contribution in [1.82, 2.24) is 5.32 Å². The van der Waals surface area contributed by atoms with Crippen molar-refractivity contribution in [1.29, 1.82) is 0 Å². The summed E-state index contributed by atoms with van der Waals surface area (Å²) in [5.41, 5.74) is -2.22. The lowest BCUT2D eigenvalue weighted by molar-refractivity contribution is -0.158. The second-order valence-electron chi connectivity index (χ2n) is 15.2. The van der Waals surface area contributed by atoms with Gasteiger partial charge in [0.25, 0.3) is 0 Å². The van der Waals surface area contributed by atoms with Crippen LogP contribution in [-0.4, -0.2) is 64.0 Å². The summed E-state index contributed by atoms with van der Waals surface area (Å²) in [5.74, 6) is -6.54. The van der Waals surface area contributed by atoms with E-state index >= 15 is 0 Å². The maximum absolute atomic E-state index is 13.6. The number of hydrogen-bond donors (Lipinski definition) is 1. The average molecular weight is 640 g/mol. The van der Waals surface area contributed by atoms with Crippen molar-refractivity contribution in [3.63, 3.8) is 0 Å². The topological polar surface area (TPSA) is 159 Å². The molecule has 0 spiro atoms. The Morgan fingerprint density at radius 2 is 1.00 bits per heavy atom. The molecule has 0 saturated heterocycles.